The minimum absolute atomic E-state index is 0.903. The predicted molar refractivity (Wildman–Crippen MR) is 159 cm³/mol. The Morgan fingerprint density at radius 1 is 0.541 bits per heavy atom. The van der Waals surface area contributed by atoms with Gasteiger partial charge in [-0.05, 0) is 65.4 Å². The van der Waals surface area contributed by atoms with Crippen molar-refractivity contribution in [2.45, 2.75) is 0 Å². The van der Waals surface area contributed by atoms with Crippen LogP contribution in [0.15, 0.2) is 132 Å². The number of hydrogen-bond donors (Lipinski definition) is 0. The molecule has 0 spiro atoms. The molecule has 0 radical (unpaired) electrons. The van der Waals surface area contributed by atoms with Gasteiger partial charge in [0.15, 0.2) is 5.58 Å². The van der Waals surface area contributed by atoms with Crippen LogP contribution in [0.25, 0.3) is 52.9 Å². The van der Waals surface area contributed by atoms with E-state index in [0.717, 1.165) is 33.6 Å². The fourth-order valence-electron chi connectivity index (χ4n) is 5.54. The van der Waals surface area contributed by atoms with Crippen molar-refractivity contribution in [2.24, 2.45) is 0 Å². The van der Waals surface area contributed by atoms with Crippen molar-refractivity contribution in [3.63, 3.8) is 0 Å². The molecule has 2 aromatic heterocycles. The lowest BCUT2D eigenvalue weighted by Crippen LogP contribution is -2.09. The Balaban J connectivity index is 1.44. The number of furan rings is 1. The van der Waals surface area contributed by atoms with Gasteiger partial charge >= 0.3 is 0 Å². The van der Waals surface area contributed by atoms with Gasteiger partial charge in [-0.2, -0.15) is 0 Å². The van der Waals surface area contributed by atoms with E-state index >= 15 is 0 Å². The Morgan fingerprint density at radius 3 is 1.95 bits per heavy atom. The molecule has 3 heteroatoms. The second-order valence-electron chi connectivity index (χ2n) is 9.38. The Morgan fingerprint density at radius 2 is 1.22 bits per heavy atom. The normalized spacial score (nSPS) is 11.8. The first-order chi connectivity index (χ1) is 18.3. The molecule has 2 heterocycles. The molecule has 0 saturated heterocycles. The van der Waals surface area contributed by atoms with Crippen molar-refractivity contribution in [1.29, 1.82) is 0 Å². The van der Waals surface area contributed by atoms with Gasteiger partial charge in [-0.1, -0.05) is 72.8 Å². The molecule has 8 rings (SSSR count). The van der Waals surface area contributed by atoms with Crippen LogP contribution in [0, 0.1) is 0 Å². The van der Waals surface area contributed by atoms with Gasteiger partial charge in [0.05, 0.1) is 5.69 Å². The quantitative estimate of drug-likeness (QED) is 0.244. The highest BCUT2D eigenvalue weighted by molar-refractivity contribution is 7.26. The Bertz CT molecular complexity index is 2050. The van der Waals surface area contributed by atoms with Gasteiger partial charge in [0.1, 0.15) is 5.58 Å². The largest absolute Gasteiger partial charge is 0.454 e. The second-order valence-corrected chi connectivity index (χ2v) is 10.4. The molecule has 0 N–H and O–H groups in total. The molecule has 0 aliphatic rings. The van der Waals surface area contributed by atoms with E-state index in [1.165, 1.54) is 36.3 Å². The van der Waals surface area contributed by atoms with Gasteiger partial charge in [0.25, 0.3) is 0 Å². The van der Waals surface area contributed by atoms with E-state index in [1.807, 2.05) is 11.3 Å². The third-order valence-corrected chi connectivity index (χ3v) is 8.40. The van der Waals surface area contributed by atoms with E-state index in [4.69, 9.17) is 4.42 Å². The van der Waals surface area contributed by atoms with Crippen LogP contribution in [-0.4, -0.2) is 0 Å². The van der Waals surface area contributed by atoms with Gasteiger partial charge < -0.3 is 9.32 Å². The van der Waals surface area contributed by atoms with Crippen molar-refractivity contribution in [2.75, 3.05) is 4.90 Å². The molecule has 6 aromatic carbocycles. The molecule has 0 atom stereocenters. The monoisotopic (exact) mass is 491 g/mol. The Labute approximate surface area is 217 Å². The molecule has 0 bridgehead atoms. The number of thiophene rings is 1. The summed E-state index contributed by atoms with van der Waals surface area (Å²) in [6, 6.07) is 45.1. The molecule has 0 aliphatic carbocycles. The number of hydrogen-bond acceptors (Lipinski definition) is 3. The number of fused-ring (bicyclic) bond motifs is 8. The number of anilines is 3. The second kappa shape index (κ2) is 7.95. The standard InChI is InChI=1S/C34H21NOS/c1-3-12-24(13-4-1)35(25-14-5-2-6-15-25)29-17-9-16-27-32-30(36-33(27)29)19-18-26-28-20-22-10-7-8-11-23(22)21-31(28)37-34(26)32/h1-21H. The van der Waals surface area contributed by atoms with Crippen molar-refractivity contribution in [3.05, 3.63) is 127 Å². The zero-order valence-corrected chi connectivity index (χ0v) is 20.7. The SMILES string of the molecule is c1ccc(N(c2ccccc2)c2cccc3c2oc2ccc4c5cc6ccccc6cc5sc4c23)cc1. The van der Waals surface area contributed by atoms with E-state index in [2.05, 4.69) is 132 Å². The van der Waals surface area contributed by atoms with Crippen LogP contribution in [0.3, 0.4) is 0 Å². The highest BCUT2D eigenvalue weighted by atomic mass is 32.1. The zero-order valence-electron chi connectivity index (χ0n) is 19.9. The first kappa shape index (κ1) is 20.6. The van der Waals surface area contributed by atoms with Crippen molar-refractivity contribution < 1.29 is 4.42 Å². The summed E-state index contributed by atoms with van der Waals surface area (Å²) in [5, 5.41) is 7.48. The number of nitrogens with zero attached hydrogens (tertiary/aromatic N) is 1. The summed E-state index contributed by atoms with van der Waals surface area (Å²) in [5.74, 6) is 0. The topological polar surface area (TPSA) is 16.4 Å². The zero-order chi connectivity index (χ0) is 24.3. The molecule has 8 aromatic rings. The first-order valence-electron chi connectivity index (χ1n) is 12.4. The summed E-state index contributed by atoms with van der Waals surface area (Å²) < 4.78 is 9.24. The number of para-hydroxylation sites is 3. The van der Waals surface area contributed by atoms with Gasteiger partial charge in [-0.3, -0.25) is 0 Å². The van der Waals surface area contributed by atoms with E-state index in [0.29, 0.717) is 0 Å². The smallest absolute Gasteiger partial charge is 0.159 e. The van der Waals surface area contributed by atoms with E-state index in [-0.39, 0.29) is 0 Å². The van der Waals surface area contributed by atoms with Crippen LogP contribution in [0.2, 0.25) is 0 Å². The van der Waals surface area contributed by atoms with E-state index in [1.54, 1.807) is 0 Å². The average Bonchev–Trinajstić information content (AvgIpc) is 3.51. The molecule has 174 valence electrons. The van der Waals surface area contributed by atoms with Crippen molar-refractivity contribution in [3.8, 4) is 0 Å². The van der Waals surface area contributed by atoms with Crippen LogP contribution < -0.4 is 4.90 Å². The van der Waals surface area contributed by atoms with Crippen LogP contribution >= 0.6 is 11.3 Å². The van der Waals surface area contributed by atoms with Crippen LogP contribution in [-0.2, 0) is 0 Å². The average molecular weight is 492 g/mol. The predicted octanol–water partition coefficient (Wildman–Crippen LogP) is 10.6. The van der Waals surface area contributed by atoms with Gasteiger partial charge in [0, 0.05) is 42.3 Å². The Kier molecular flexibility index (Phi) is 4.42. The maximum Gasteiger partial charge on any atom is 0.159 e. The Hall–Kier alpha value is -4.60. The molecule has 37 heavy (non-hydrogen) atoms. The lowest BCUT2D eigenvalue weighted by Gasteiger charge is -2.25. The van der Waals surface area contributed by atoms with Gasteiger partial charge in [-0.25, -0.2) is 0 Å². The number of rotatable bonds is 3. The summed E-state index contributed by atoms with van der Waals surface area (Å²) in [6.45, 7) is 0. The van der Waals surface area contributed by atoms with Crippen LogP contribution in [0.5, 0.6) is 0 Å². The summed E-state index contributed by atoms with van der Waals surface area (Å²) in [6.07, 6.45) is 0. The van der Waals surface area contributed by atoms with E-state index < -0.39 is 0 Å². The van der Waals surface area contributed by atoms with Crippen LogP contribution in [0.1, 0.15) is 0 Å². The number of benzene rings is 6. The van der Waals surface area contributed by atoms with Crippen molar-refractivity contribution >= 4 is 81.3 Å². The third kappa shape index (κ3) is 3.11. The summed E-state index contributed by atoms with van der Waals surface area (Å²) in [5.41, 5.74) is 5.05. The maximum atomic E-state index is 6.65. The summed E-state index contributed by atoms with van der Waals surface area (Å²) in [4.78, 5) is 2.28. The fraction of sp³-hybridized carbons (Fsp3) is 0. The fourth-order valence-corrected chi connectivity index (χ4v) is 6.83. The summed E-state index contributed by atoms with van der Waals surface area (Å²) >= 11 is 1.86. The molecule has 0 saturated carbocycles. The molecular formula is C34H21NOS. The molecule has 0 amide bonds. The van der Waals surface area contributed by atoms with Crippen molar-refractivity contribution in [1.82, 2.24) is 0 Å². The first-order valence-corrected chi connectivity index (χ1v) is 13.3. The van der Waals surface area contributed by atoms with Gasteiger partial charge in [-0.15, -0.1) is 11.3 Å². The summed E-state index contributed by atoms with van der Waals surface area (Å²) in [7, 11) is 0. The molecule has 0 fully saturated rings. The minimum atomic E-state index is 0.903. The maximum absolute atomic E-state index is 6.65. The molecule has 0 unspecified atom stereocenters. The molecule has 2 nitrogen and oxygen atoms in total. The van der Waals surface area contributed by atoms with Crippen LogP contribution in [0.4, 0.5) is 17.1 Å². The van der Waals surface area contributed by atoms with E-state index in [9.17, 15) is 0 Å². The third-order valence-electron chi connectivity index (χ3n) is 7.21. The lowest BCUT2D eigenvalue weighted by molar-refractivity contribution is 0.669. The lowest BCUT2D eigenvalue weighted by atomic mass is 10.0. The van der Waals surface area contributed by atoms with Gasteiger partial charge in [0.2, 0.25) is 0 Å². The minimum Gasteiger partial charge on any atom is -0.454 e. The molecule has 0 aliphatic heterocycles. The molecular weight excluding hydrogens is 470 g/mol. The highest BCUT2D eigenvalue weighted by Gasteiger charge is 2.21. The highest BCUT2D eigenvalue weighted by Crippen LogP contribution is 2.46.